The van der Waals surface area contributed by atoms with Gasteiger partial charge in [0.2, 0.25) is 5.91 Å². The largest absolute Gasteiger partial charge is 0.493 e. The predicted octanol–water partition coefficient (Wildman–Crippen LogP) is 4.43. The Kier molecular flexibility index (Phi) is 6.05. The SMILES string of the molecule is O=C(CCSCCOc1cccc(Cl)c1)N1CCc2ccccc21. The molecule has 5 heteroatoms. The number of amides is 1. The van der Waals surface area contributed by atoms with Crippen molar-refractivity contribution < 1.29 is 9.53 Å². The van der Waals surface area contributed by atoms with E-state index in [1.165, 1.54) is 5.56 Å². The molecule has 0 bridgehead atoms. The summed E-state index contributed by atoms with van der Waals surface area (Å²) in [4.78, 5) is 14.3. The maximum absolute atomic E-state index is 12.4. The van der Waals surface area contributed by atoms with Crippen LogP contribution in [-0.2, 0) is 11.2 Å². The molecule has 0 atom stereocenters. The van der Waals surface area contributed by atoms with Crippen LogP contribution >= 0.6 is 23.4 Å². The minimum atomic E-state index is 0.211. The van der Waals surface area contributed by atoms with E-state index in [0.717, 1.165) is 35.9 Å². The highest BCUT2D eigenvalue weighted by molar-refractivity contribution is 7.99. The molecule has 126 valence electrons. The smallest absolute Gasteiger partial charge is 0.227 e. The van der Waals surface area contributed by atoms with Crippen LogP contribution in [0.15, 0.2) is 48.5 Å². The first-order valence-electron chi connectivity index (χ1n) is 8.08. The second kappa shape index (κ2) is 8.45. The lowest BCUT2D eigenvalue weighted by Gasteiger charge is -2.17. The average Bonchev–Trinajstić information content (AvgIpc) is 3.02. The Bertz CT molecular complexity index is 707. The van der Waals surface area contributed by atoms with Crippen LogP contribution in [0.2, 0.25) is 5.02 Å². The van der Waals surface area contributed by atoms with Crippen LogP contribution in [-0.4, -0.2) is 30.6 Å². The number of ether oxygens (including phenoxy) is 1. The molecule has 1 amide bonds. The fourth-order valence-corrected chi connectivity index (χ4v) is 3.67. The minimum absolute atomic E-state index is 0.211. The monoisotopic (exact) mass is 361 g/mol. The van der Waals surface area contributed by atoms with Gasteiger partial charge in [0, 0.05) is 35.2 Å². The van der Waals surface area contributed by atoms with E-state index in [4.69, 9.17) is 16.3 Å². The zero-order valence-corrected chi connectivity index (χ0v) is 15.0. The highest BCUT2D eigenvalue weighted by Crippen LogP contribution is 2.28. The van der Waals surface area contributed by atoms with E-state index in [-0.39, 0.29) is 5.91 Å². The molecule has 1 aliphatic rings. The second-order valence-corrected chi connectivity index (χ2v) is 7.25. The number of carbonyl (C=O) groups is 1. The number of hydrogen-bond acceptors (Lipinski definition) is 3. The van der Waals surface area contributed by atoms with Gasteiger partial charge in [0.15, 0.2) is 0 Å². The molecule has 0 N–H and O–H groups in total. The number of nitrogens with zero attached hydrogens (tertiary/aromatic N) is 1. The zero-order chi connectivity index (χ0) is 16.8. The lowest BCUT2D eigenvalue weighted by Crippen LogP contribution is -2.29. The summed E-state index contributed by atoms with van der Waals surface area (Å²) in [7, 11) is 0. The highest BCUT2D eigenvalue weighted by Gasteiger charge is 2.23. The minimum Gasteiger partial charge on any atom is -0.493 e. The third kappa shape index (κ3) is 4.46. The van der Waals surface area contributed by atoms with E-state index in [9.17, 15) is 4.79 Å². The Labute approximate surface area is 151 Å². The van der Waals surface area contributed by atoms with Crippen LogP contribution in [0.3, 0.4) is 0 Å². The predicted molar refractivity (Wildman–Crippen MR) is 101 cm³/mol. The van der Waals surface area contributed by atoms with Gasteiger partial charge in [0.05, 0.1) is 6.61 Å². The van der Waals surface area contributed by atoms with Crippen LogP contribution in [0.4, 0.5) is 5.69 Å². The zero-order valence-electron chi connectivity index (χ0n) is 13.4. The van der Waals surface area contributed by atoms with Gasteiger partial charge in [-0.15, -0.1) is 0 Å². The number of hydrogen-bond donors (Lipinski definition) is 0. The van der Waals surface area contributed by atoms with Gasteiger partial charge in [-0.2, -0.15) is 11.8 Å². The van der Waals surface area contributed by atoms with Crippen LogP contribution < -0.4 is 9.64 Å². The highest BCUT2D eigenvalue weighted by atomic mass is 35.5. The van der Waals surface area contributed by atoms with Gasteiger partial charge in [-0.05, 0) is 36.2 Å². The van der Waals surface area contributed by atoms with Crippen LogP contribution in [0.25, 0.3) is 0 Å². The molecule has 2 aromatic carbocycles. The van der Waals surface area contributed by atoms with E-state index in [0.29, 0.717) is 18.1 Å². The van der Waals surface area contributed by atoms with Crippen molar-refractivity contribution >= 4 is 35.0 Å². The average molecular weight is 362 g/mol. The summed E-state index contributed by atoms with van der Waals surface area (Å²) < 4.78 is 5.64. The molecular formula is C19H20ClNO2S. The van der Waals surface area contributed by atoms with Crippen molar-refractivity contribution in [2.24, 2.45) is 0 Å². The topological polar surface area (TPSA) is 29.5 Å². The van der Waals surface area contributed by atoms with Gasteiger partial charge < -0.3 is 9.64 Å². The molecule has 0 radical (unpaired) electrons. The van der Waals surface area contributed by atoms with Gasteiger partial charge in [0.1, 0.15) is 5.75 Å². The number of thioether (sulfide) groups is 1. The normalized spacial score (nSPS) is 13.0. The first kappa shape index (κ1) is 17.2. The van der Waals surface area contributed by atoms with Gasteiger partial charge in [-0.25, -0.2) is 0 Å². The molecule has 0 aliphatic carbocycles. The molecule has 3 nitrogen and oxygen atoms in total. The van der Waals surface area contributed by atoms with Crippen molar-refractivity contribution in [2.75, 3.05) is 29.6 Å². The summed E-state index contributed by atoms with van der Waals surface area (Å²) in [5.41, 5.74) is 2.35. The second-order valence-electron chi connectivity index (χ2n) is 5.59. The summed E-state index contributed by atoms with van der Waals surface area (Å²) in [6.45, 7) is 1.42. The number of fused-ring (bicyclic) bond motifs is 1. The Hall–Kier alpha value is -1.65. The van der Waals surface area contributed by atoms with E-state index in [1.54, 1.807) is 17.8 Å². The number of para-hydroxylation sites is 1. The molecule has 0 fully saturated rings. The number of rotatable bonds is 7. The molecule has 0 spiro atoms. The molecular weight excluding hydrogens is 342 g/mol. The number of benzene rings is 2. The molecule has 1 heterocycles. The number of anilines is 1. The third-order valence-corrected chi connectivity index (χ3v) is 5.12. The fourth-order valence-electron chi connectivity index (χ4n) is 2.77. The molecule has 24 heavy (non-hydrogen) atoms. The maximum Gasteiger partial charge on any atom is 0.227 e. The van der Waals surface area contributed by atoms with E-state index >= 15 is 0 Å². The van der Waals surface area contributed by atoms with Crippen molar-refractivity contribution in [2.45, 2.75) is 12.8 Å². The lowest BCUT2D eigenvalue weighted by atomic mass is 10.2. The Morgan fingerprint density at radius 2 is 2.04 bits per heavy atom. The first-order chi connectivity index (χ1) is 11.7. The number of carbonyl (C=O) groups excluding carboxylic acids is 1. The lowest BCUT2D eigenvalue weighted by molar-refractivity contribution is -0.118. The molecule has 3 rings (SSSR count). The molecule has 0 aromatic heterocycles. The van der Waals surface area contributed by atoms with Gasteiger partial charge in [-0.3, -0.25) is 4.79 Å². The first-order valence-corrected chi connectivity index (χ1v) is 9.62. The standard InChI is InChI=1S/C19H20ClNO2S/c20-16-5-3-6-17(14-16)23-11-13-24-12-9-19(22)21-10-8-15-4-1-2-7-18(15)21/h1-7,14H,8-13H2. The molecule has 2 aromatic rings. The molecule has 0 unspecified atom stereocenters. The summed E-state index contributed by atoms with van der Waals surface area (Å²) >= 11 is 7.65. The van der Waals surface area contributed by atoms with Gasteiger partial charge >= 0.3 is 0 Å². The van der Waals surface area contributed by atoms with Gasteiger partial charge in [-0.1, -0.05) is 35.9 Å². The van der Waals surface area contributed by atoms with E-state index in [2.05, 4.69) is 6.07 Å². The van der Waals surface area contributed by atoms with E-state index in [1.807, 2.05) is 41.3 Å². The Morgan fingerprint density at radius 1 is 1.17 bits per heavy atom. The summed E-state index contributed by atoms with van der Waals surface area (Å²) in [6.07, 6.45) is 1.53. The summed E-state index contributed by atoms with van der Waals surface area (Å²) in [5, 5.41) is 0.677. The molecule has 0 saturated carbocycles. The van der Waals surface area contributed by atoms with Crippen molar-refractivity contribution in [1.29, 1.82) is 0 Å². The van der Waals surface area contributed by atoms with Crippen LogP contribution in [0, 0.1) is 0 Å². The summed E-state index contributed by atoms with van der Waals surface area (Å²) in [5.74, 6) is 2.67. The van der Waals surface area contributed by atoms with Crippen LogP contribution in [0.5, 0.6) is 5.75 Å². The van der Waals surface area contributed by atoms with Crippen molar-refractivity contribution in [3.8, 4) is 5.75 Å². The van der Waals surface area contributed by atoms with Crippen LogP contribution in [0.1, 0.15) is 12.0 Å². The fraction of sp³-hybridized carbons (Fsp3) is 0.316. The van der Waals surface area contributed by atoms with Crippen molar-refractivity contribution in [3.05, 3.63) is 59.1 Å². The van der Waals surface area contributed by atoms with Gasteiger partial charge in [0.25, 0.3) is 0 Å². The third-order valence-electron chi connectivity index (χ3n) is 3.94. The number of halogens is 1. The van der Waals surface area contributed by atoms with E-state index < -0.39 is 0 Å². The maximum atomic E-state index is 12.4. The Balaban J connectivity index is 1.34. The van der Waals surface area contributed by atoms with Crippen molar-refractivity contribution in [1.82, 2.24) is 0 Å². The molecule has 0 saturated heterocycles. The quantitative estimate of drug-likeness (QED) is 0.683. The molecule has 1 aliphatic heterocycles. The van der Waals surface area contributed by atoms with Crippen molar-refractivity contribution in [3.63, 3.8) is 0 Å². The summed E-state index contributed by atoms with van der Waals surface area (Å²) in [6, 6.07) is 15.6. The Morgan fingerprint density at radius 3 is 2.92 bits per heavy atom.